The first kappa shape index (κ1) is 15.1. The number of rotatable bonds is 10. The standard InChI is InChI=1S/C16H25NO3/c1-19-15-6-8-16(9-7-15)20-12-14(18)11-17-10-2-3-13-4-5-13/h6-9,13-14,17-18H,2-5,10-12H2,1H3. The maximum Gasteiger partial charge on any atom is 0.119 e. The number of hydrogen-bond acceptors (Lipinski definition) is 4. The molecule has 1 atom stereocenters. The molecule has 0 amide bonds. The number of aliphatic hydroxyl groups is 1. The van der Waals surface area contributed by atoms with Crippen LogP contribution in [0.3, 0.4) is 0 Å². The zero-order valence-electron chi connectivity index (χ0n) is 12.2. The minimum absolute atomic E-state index is 0.307. The summed E-state index contributed by atoms with van der Waals surface area (Å²) in [6.07, 6.45) is 4.89. The van der Waals surface area contributed by atoms with Crippen molar-refractivity contribution in [2.24, 2.45) is 5.92 Å². The fraction of sp³-hybridized carbons (Fsp3) is 0.625. The molecule has 1 aromatic carbocycles. The van der Waals surface area contributed by atoms with Crippen LogP contribution in [0.5, 0.6) is 11.5 Å². The molecule has 0 spiro atoms. The Morgan fingerprint density at radius 3 is 2.60 bits per heavy atom. The molecule has 0 heterocycles. The minimum Gasteiger partial charge on any atom is -0.497 e. The Morgan fingerprint density at radius 1 is 1.25 bits per heavy atom. The molecule has 2 N–H and O–H groups in total. The van der Waals surface area contributed by atoms with Gasteiger partial charge in [-0.25, -0.2) is 0 Å². The molecule has 0 saturated heterocycles. The first-order valence-electron chi connectivity index (χ1n) is 7.43. The summed E-state index contributed by atoms with van der Waals surface area (Å²) in [4.78, 5) is 0. The summed E-state index contributed by atoms with van der Waals surface area (Å²) in [5, 5.41) is 13.1. The summed E-state index contributed by atoms with van der Waals surface area (Å²) < 4.78 is 10.6. The zero-order valence-corrected chi connectivity index (χ0v) is 12.2. The van der Waals surface area contributed by atoms with Gasteiger partial charge >= 0.3 is 0 Å². The number of ether oxygens (including phenoxy) is 2. The molecule has 4 heteroatoms. The molecule has 2 rings (SSSR count). The van der Waals surface area contributed by atoms with Crippen LogP contribution in [0.1, 0.15) is 25.7 Å². The van der Waals surface area contributed by atoms with Gasteiger partial charge in [0.05, 0.1) is 7.11 Å². The first-order chi connectivity index (χ1) is 9.78. The molecule has 4 nitrogen and oxygen atoms in total. The number of hydrogen-bond donors (Lipinski definition) is 2. The van der Waals surface area contributed by atoms with Crippen molar-refractivity contribution in [1.29, 1.82) is 0 Å². The van der Waals surface area contributed by atoms with Gasteiger partial charge in [-0.15, -0.1) is 0 Å². The Balaban J connectivity index is 1.52. The Morgan fingerprint density at radius 2 is 1.95 bits per heavy atom. The van der Waals surface area contributed by atoms with Crippen molar-refractivity contribution in [1.82, 2.24) is 5.32 Å². The van der Waals surface area contributed by atoms with Crippen LogP contribution < -0.4 is 14.8 Å². The lowest BCUT2D eigenvalue weighted by molar-refractivity contribution is 0.106. The fourth-order valence-electron chi connectivity index (χ4n) is 2.11. The van der Waals surface area contributed by atoms with Gasteiger partial charge < -0.3 is 19.9 Å². The molecule has 1 unspecified atom stereocenters. The van der Waals surface area contributed by atoms with Crippen LogP contribution >= 0.6 is 0 Å². The molecule has 20 heavy (non-hydrogen) atoms. The molecule has 0 radical (unpaired) electrons. The van der Waals surface area contributed by atoms with Crippen molar-refractivity contribution in [2.75, 3.05) is 26.8 Å². The lowest BCUT2D eigenvalue weighted by atomic mass is 10.2. The molecule has 0 aromatic heterocycles. The van der Waals surface area contributed by atoms with Gasteiger partial charge in [-0.2, -0.15) is 0 Å². The van der Waals surface area contributed by atoms with Gasteiger partial charge in [0.25, 0.3) is 0 Å². The average Bonchev–Trinajstić information content (AvgIpc) is 3.29. The van der Waals surface area contributed by atoms with Crippen LogP contribution in [0.4, 0.5) is 0 Å². The maximum absolute atomic E-state index is 9.82. The van der Waals surface area contributed by atoms with Crippen molar-refractivity contribution in [3.8, 4) is 11.5 Å². The summed E-state index contributed by atoms with van der Waals surface area (Å²) in [5.41, 5.74) is 0. The van der Waals surface area contributed by atoms with Crippen LogP contribution in [-0.4, -0.2) is 38.0 Å². The predicted molar refractivity (Wildman–Crippen MR) is 79.3 cm³/mol. The van der Waals surface area contributed by atoms with Crippen LogP contribution in [0.15, 0.2) is 24.3 Å². The van der Waals surface area contributed by atoms with E-state index in [1.165, 1.54) is 25.7 Å². The van der Waals surface area contributed by atoms with E-state index in [4.69, 9.17) is 9.47 Å². The zero-order chi connectivity index (χ0) is 14.2. The molecule has 1 fully saturated rings. The summed E-state index contributed by atoms with van der Waals surface area (Å²) in [6.45, 7) is 1.87. The van der Waals surface area contributed by atoms with E-state index in [0.717, 1.165) is 24.0 Å². The van der Waals surface area contributed by atoms with Gasteiger partial charge in [0.1, 0.15) is 24.2 Å². The second-order valence-corrected chi connectivity index (χ2v) is 5.43. The van der Waals surface area contributed by atoms with Crippen molar-refractivity contribution in [3.63, 3.8) is 0 Å². The average molecular weight is 279 g/mol. The van der Waals surface area contributed by atoms with E-state index in [1.807, 2.05) is 24.3 Å². The van der Waals surface area contributed by atoms with Gasteiger partial charge in [0.2, 0.25) is 0 Å². The fourth-order valence-corrected chi connectivity index (χ4v) is 2.11. The Labute approximate surface area is 121 Å². The molecule has 112 valence electrons. The van der Waals surface area contributed by atoms with Crippen LogP contribution in [0.25, 0.3) is 0 Å². The van der Waals surface area contributed by atoms with Crippen LogP contribution in [-0.2, 0) is 0 Å². The largest absolute Gasteiger partial charge is 0.497 e. The van der Waals surface area contributed by atoms with E-state index in [0.29, 0.717) is 13.2 Å². The number of methoxy groups -OCH3 is 1. The van der Waals surface area contributed by atoms with E-state index in [9.17, 15) is 5.11 Å². The number of nitrogens with one attached hydrogen (secondary N) is 1. The van der Waals surface area contributed by atoms with Crippen molar-refractivity contribution < 1.29 is 14.6 Å². The summed E-state index contributed by atoms with van der Waals surface area (Å²) in [7, 11) is 1.63. The van der Waals surface area contributed by atoms with Gasteiger partial charge in [0, 0.05) is 6.54 Å². The molecule has 1 aromatic rings. The lowest BCUT2D eigenvalue weighted by Crippen LogP contribution is -2.32. The summed E-state index contributed by atoms with van der Waals surface area (Å²) >= 11 is 0. The maximum atomic E-state index is 9.82. The highest BCUT2D eigenvalue weighted by molar-refractivity contribution is 5.31. The minimum atomic E-state index is -0.474. The van der Waals surface area contributed by atoms with Crippen molar-refractivity contribution >= 4 is 0 Å². The second-order valence-electron chi connectivity index (χ2n) is 5.43. The Bertz CT molecular complexity index is 376. The third-order valence-corrected chi connectivity index (χ3v) is 3.54. The quantitative estimate of drug-likeness (QED) is 0.645. The SMILES string of the molecule is COc1ccc(OCC(O)CNCCCC2CC2)cc1. The highest BCUT2D eigenvalue weighted by Gasteiger charge is 2.19. The molecule has 1 saturated carbocycles. The second kappa shape index (κ2) is 8.12. The van der Waals surface area contributed by atoms with Gasteiger partial charge in [0.15, 0.2) is 0 Å². The smallest absolute Gasteiger partial charge is 0.119 e. The summed E-state index contributed by atoms with van der Waals surface area (Å²) in [6, 6.07) is 7.37. The van der Waals surface area contributed by atoms with Crippen molar-refractivity contribution in [3.05, 3.63) is 24.3 Å². The Kier molecular flexibility index (Phi) is 6.15. The Hall–Kier alpha value is -1.26. The van der Waals surface area contributed by atoms with Crippen LogP contribution in [0.2, 0.25) is 0 Å². The highest BCUT2D eigenvalue weighted by atomic mass is 16.5. The van der Waals surface area contributed by atoms with Crippen LogP contribution in [0, 0.1) is 5.92 Å². The van der Waals surface area contributed by atoms with Gasteiger partial charge in [-0.1, -0.05) is 12.8 Å². The van der Waals surface area contributed by atoms with Gasteiger partial charge in [-0.3, -0.25) is 0 Å². The highest BCUT2D eigenvalue weighted by Crippen LogP contribution is 2.33. The van der Waals surface area contributed by atoms with E-state index in [2.05, 4.69) is 5.32 Å². The molecular weight excluding hydrogens is 254 g/mol. The summed E-state index contributed by atoms with van der Waals surface area (Å²) in [5.74, 6) is 2.54. The molecule has 1 aliphatic rings. The number of benzene rings is 1. The molecule has 1 aliphatic carbocycles. The van der Waals surface area contributed by atoms with Crippen molar-refractivity contribution in [2.45, 2.75) is 31.8 Å². The first-order valence-corrected chi connectivity index (χ1v) is 7.43. The predicted octanol–water partition coefficient (Wildman–Crippen LogP) is 2.21. The van der Waals surface area contributed by atoms with E-state index in [1.54, 1.807) is 7.11 Å². The lowest BCUT2D eigenvalue weighted by Gasteiger charge is -2.13. The van der Waals surface area contributed by atoms with E-state index >= 15 is 0 Å². The molecule has 0 aliphatic heterocycles. The molecule has 0 bridgehead atoms. The molecular formula is C16H25NO3. The number of aliphatic hydroxyl groups excluding tert-OH is 1. The third-order valence-electron chi connectivity index (χ3n) is 3.54. The third kappa shape index (κ3) is 5.80. The van der Waals surface area contributed by atoms with E-state index in [-0.39, 0.29) is 0 Å². The normalized spacial score (nSPS) is 15.9. The van der Waals surface area contributed by atoms with E-state index < -0.39 is 6.10 Å². The van der Waals surface area contributed by atoms with Gasteiger partial charge in [-0.05, 0) is 49.6 Å². The topological polar surface area (TPSA) is 50.7 Å². The monoisotopic (exact) mass is 279 g/mol.